The molecule has 7 heteroatoms. The maximum absolute atomic E-state index is 11.5. The maximum atomic E-state index is 11.5. The Hall–Kier alpha value is -2.15. The van der Waals surface area contributed by atoms with Crippen LogP contribution in [0.3, 0.4) is 0 Å². The van der Waals surface area contributed by atoms with Gasteiger partial charge in [0.2, 0.25) is 5.16 Å². The van der Waals surface area contributed by atoms with Gasteiger partial charge in [-0.1, -0.05) is 23.4 Å². The Morgan fingerprint density at radius 1 is 1.36 bits per heavy atom. The second-order valence-electron chi connectivity index (χ2n) is 5.29. The topological polar surface area (TPSA) is 80.8 Å². The smallest absolute Gasteiger partial charge is 0.316 e. The molecule has 2 aromatic heterocycles. The van der Waals surface area contributed by atoms with Crippen molar-refractivity contribution < 1.29 is 9.53 Å². The van der Waals surface area contributed by atoms with Crippen LogP contribution in [-0.2, 0) is 9.53 Å². The van der Waals surface area contributed by atoms with E-state index in [4.69, 9.17) is 4.74 Å². The third kappa shape index (κ3) is 3.04. The van der Waals surface area contributed by atoms with Gasteiger partial charge in [-0.25, -0.2) is 4.98 Å². The number of aryl methyl sites for hydroxylation is 1. The van der Waals surface area contributed by atoms with Crippen LogP contribution in [0.5, 0.6) is 0 Å². The van der Waals surface area contributed by atoms with E-state index in [1.807, 2.05) is 32.9 Å². The summed E-state index contributed by atoms with van der Waals surface area (Å²) in [6.45, 7) is 5.67. The first-order valence-electron chi connectivity index (χ1n) is 6.98. The number of benzene rings is 1. The number of rotatable bonds is 4. The summed E-state index contributed by atoms with van der Waals surface area (Å²) >= 11 is 1.22. The molecule has 0 amide bonds. The number of nitrogens with zero attached hydrogens (tertiary/aromatic N) is 3. The molecule has 1 aromatic carbocycles. The lowest BCUT2D eigenvalue weighted by molar-refractivity contribution is -0.144. The van der Waals surface area contributed by atoms with Crippen LogP contribution in [0.4, 0.5) is 0 Å². The third-order valence-electron chi connectivity index (χ3n) is 3.04. The number of aromatic nitrogens is 4. The van der Waals surface area contributed by atoms with Gasteiger partial charge in [-0.05, 0) is 32.9 Å². The lowest BCUT2D eigenvalue weighted by Crippen LogP contribution is -2.13. The number of hydrogen-bond acceptors (Lipinski definition) is 6. The average molecular weight is 316 g/mol. The van der Waals surface area contributed by atoms with Crippen LogP contribution < -0.4 is 0 Å². The summed E-state index contributed by atoms with van der Waals surface area (Å²) in [5.41, 5.74) is 3.55. The molecule has 6 nitrogen and oxygen atoms in total. The number of fused-ring (bicyclic) bond motifs is 3. The van der Waals surface area contributed by atoms with Crippen molar-refractivity contribution in [1.82, 2.24) is 20.2 Å². The number of carbonyl (C=O) groups excluding carboxylic acids is 1. The van der Waals surface area contributed by atoms with E-state index in [9.17, 15) is 4.79 Å². The largest absolute Gasteiger partial charge is 0.462 e. The van der Waals surface area contributed by atoms with Crippen molar-refractivity contribution in [1.29, 1.82) is 0 Å². The second kappa shape index (κ2) is 5.92. The number of esters is 1. The summed E-state index contributed by atoms with van der Waals surface area (Å²) in [7, 11) is 0. The summed E-state index contributed by atoms with van der Waals surface area (Å²) in [6, 6.07) is 6.08. The minimum atomic E-state index is -0.282. The Labute approximate surface area is 131 Å². The molecule has 0 atom stereocenters. The summed E-state index contributed by atoms with van der Waals surface area (Å²) < 4.78 is 5.08. The van der Waals surface area contributed by atoms with Crippen molar-refractivity contribution >= 4 is 39.8 Å². The number of hydrogen-bond donors (Lipinski definition) is 1. The van der Waals surface area contributed by atoms with E-state index in [0.29, 0.717) is 10.8 Å². The van der Waals surface area contributed by atoms with E-state index in [0.717, 1.165) is 22.0 Å². The first-order valence-corrected chi connectivity index (χ1v) is 7.96. The van der Waals surface area contributed by atoms with Crippen molar-refractivity contribution in [2.45, 2.75) is 32.0 Å². The molecule has 0 saturated heterocycles. The fourth-order valence-electron chi connectivity index (χ4n) is 2.15. The summed E-state index contributed by atoms with van der Waals surface area (Å²) in [5, 5.41) is 9.78. The molecule has 1 N–H and O–H groups in total. The predicted octanol–water partition coefficient (Wildman–Crippen LogP) is 2.86. The molecule has 0 radical (unpaired) electrons. The summed E-state index contributed by atoms with van der Waals surface area (Å²) in [6.07, 6.45) is -0.119. The number of ether oxygens (including phenoxy) is 1. The minimum absolute atomic E-state index is 0.119. The van der Waals surface area contributed by atoms with Gasteiger partial charge in [0.1, 0.15) is 5.52 Å². The summed E-state index contributed by atoms with van der Waals surface area (Å²) in [5.74, 6) is -0.110. The van der Waals surface area contributed by atoms with Gasteiger partial charge in [0.25, 0.3) is 0 Å². The molecule has 0 aliphatic carbocycles. The molecular weight excluding hydrogens is 300 g/mol. The van der Waals surface area contributed by atoms with Crippen LogP contribution in [0.15, 0.2) is 23.4 Å². The second-order valence-corrected chi connectivity index (χ2v) is 6.24. The number of carbonyl (C=O) groups is 1. The van der Waals surface area contributed by atoms with Crippen LogP contribution in [0.25, 0.3) is 22.1 Å². The zero-order valence-electron chi connectivity index (χ0n) is 12.6. The predicted molar refractivity (Wildman–Crippen MR) is 85.9 cm³/mol. The normalized spacial score (nSPS) is 11.5. The first kappa shape index (κ1) is 14.8. The molecule has 3 aromatic rings. The molecule has 114 valence electrons. The molecule has 0 fully saturated rings. The number of thioether (sulfide) groups is 1. The highest BCUT2D eigenvalue weighted by atomic mass is 32.2. The SMILES string of the molecule is Cc1ccc2[nH]c3nc(SCC(=O)OC(C)C)nnc3c2c1. The average Bonchev–Trinajstić information content (AvgIpc) is 2.81. The van der Waals surface area contributed by atoms with Crippen LogP contribution in [-0.4, -0.2) is 38.0 Å². The number of H-pyrrole nitrogens is 1. The zero-order valence-corrected chi connectivity index (χ0v) is 13.4. The van der Waals surface area contributed by atoms with Crippen LogP contribution in [0.1, 0.15) is 19.4 Å². The molecule has 3 rings (SSSR count). The quantitative estimate of drug-likeness (QED) is 0.589. The minimum Gasteiger partial charge on any atom is -0.462 e. The molecule has 0 aliphatic heterocycles. The Kier molecular flexibility index (Phi) is 3.98. The van der Waals surface area contributed by atoms with Crippen molar-refractivity contribution in [3.05, 3.63) is 23.8 Å². The molecule has 0 unspecified atom stereocenters. The zero-order chi connectivity index (χ0) is 15.7. The van der Waals surface area contributed by atoms with Crippen molar-refractivity contribution in [3.8, 4) is 0 Å². The van der Waals surface area contributed by atoms with Gasteiger partial charge in [-0.3, -0.25) is 4.79 Å². The van der Waals surface area contributed by atoms with Gasteiger partial charge in [0, 0.05) is 10.9 Å². The van der Waals surface area contributed by atoms with Gasteiger partial charge in [0.15, 0.2) is 5.65 Å². The fraction of sp³-hybridized carbons (Fsp3) is 0.333. The number of nitrogens with one attached hydrogen (secondary N) is 1. The molecule has 0 aliphatic rings. The Morgan fingerprint density at radius 3 is 2.95 bits per heavy atom. The molecule has 2 heterocycles. The van der Waals surface area contributed by atoms with E-state index in [2.05, 4.69) is 26.2 Å². The Balaban J connectivity index is 1.84. The van der Waals surface area contributed by atoms with Gasteiger partial charge in [-0.15, -0.1) is 10.2 Å². The molecular formula is C15H16N4O2S. The maximum Gasteiger partial charge on any atom is 0.316 e. The molecule has 0 saturated carbocycles. The molecule has 22 heavy (non-hydrogen) atoms. The fourth-order valence-corrected chi connectivity index (χ4v) is 2.72. The van der Waals surface area contributed by atoms with E-state index in [1.54, 1.807) is 0 Å². The third-order valence-corrected chi connectivity index (χ3v) is 3.85. The van der Waals surface area contributed by atoms with Crippen molar-refractivity contribution in [3.63, 3.8) is 0 Å². The number of aromatic amines is 1. The Morgan fingerprint density at radius 2 is 2.18 bits per heavy atom. The molecule has 0 bridgehead atoms. The lowest BCUT2D eigenvalue weighted by Gasteiger charge is -2.06. The highest BCUT2D eigenvalue weighted by Crippen LogP contribution is 2.24. The van der Waals surface area contributed by atoms with Crippen molar-refractivity contribution in [2.24, 2.45) is 0 Å². The highest BCUT2D eigenvalue weighted by molar-refractivity contribution is 7.99. The van der Waals surface area contributed by atoms with Gasteiger partial charge >= 0.3 is 5.97 Å². The van der Waals surface area contributed by atoms with Crippen LogP contribution in [0.2, 0.25) is 0 Å². The molecule has 0 spiro atoms. The monoisotopic (exact) mass is 316 g/mol. The van der Waals surface area contributed by atoms with E-state index >= 15 is 0 Å². The van der Waals surface area contributed by atoms with Gasteiger partial charge in [-0.2, -0.15) is 0 Å². The first-order chi connectivity index (χ1) is 10.5. The standard InChI is InChI=1S/C15H16N4O2S/c1-8(2)21-12(20)7-22-15-17-14-13(18-19-15)10-6-9(3)4-5-11(10)16-14/h4-6,8H,7H2,1-3H3,(H,16,17,19). The van der Waals surface area contributed by atoms with Gasteiger partial charge in [0.05, 0.1) is 11.9 Å². The highest BCUT2D eigenvalue weighted by Gasteiger charge is 2.12. The van der Waals surface area contributed by atoms with Crippen LogP contribution >= 0.6 is 11.8 Å². The van der Waals surface area contributed by atoms with Crippen molar-refractivity contribution in [2.75, 3.05) is 5.75 Å². The summed E-state index contributed by atoms with van der Waals surface area (Å²) in [4.78, 5) is 19.2. The van der Waals surface area contributed by atoms with E-state index in [-0.39, 0.29) is 17.8 Å². The van der Waals surface area contributed by atoms with E-state index in [1.165, 1.54) is 11.8 Å². The van der Waals surface area contributed by atoms with Gasteiger partial charge < -0.3 is 9.72 Å². The Bertz CT molecular complexity index is 844. The van der Waals surface area contributed by atoms with Crippen LogP contribution in [0, 0.1) is 6.92 Å². The lowest BCUT2D eigenvalue weighted by atomic mass is 10.2. The van der Waals surface area contributed by atoms with E-state index < -0.39 is 0 Å².